The van der Waals surface area contributed by atoms with Crippen LogP contribution in [0.4, 0.5) is 0 Å². The summed E-state index contributed by atoms with van der Waals surface area (Å²) < 4.78 is 0. The molecule has 0 unspecified atom stereocenters. The molecule has 0 bridgehead atoms. The van der Waals surface area contributed by atoms with Crippen molar-refractivity contribution in [3.8, 4) is 44.5 Å². The van der Waals surface area contributed by atoms with Crippen LogP contribution in [-0.2, 0) is 18.3 Å². The molecule has 8 aromatic rings. The minimum Gasteiger partial charge on any atom is -0.134 e. The van der Waals surface area contributed by atoms with Crippen molar-refractivity contribution in [2.45, 2.75) is 115 Å². The lowest BCUT2D eigenvalue weighted by Gasteiger charge is -2.32. The third kappa shape index (κ3) is 9.23. The first-order chi connectivity index (χ1) is 32.2. The highest BCUT2D eigenvalue weighted by Crippen LogP contribution is 2.43. The Morgan fingerprint density at radius 1 is 0.353 bits per heavy atom. The van der Waals surface area contributed by atoms with Gasteiger partial charge in [-0.3, -0.25) is 0 Å². The third-order valence-corrected chi connectivity index (χ3v) is 19.5. The van der Waals surface area contributed by atoms with Crippen molar-refractivity contribution in [3.05, 3.63) is 222 Å². The van der Waals surface area contributed by atoms with Gasteiger partial charge in [0.25, 0.3) is 0 Å². The van der Waals surface area contributed by atoms with Crippen molar-refractivity contribution in [3.63, 3.8) is 0 Å². The van der Waals surface area contributed by atoms with Crippen molar-refractivity contribution >= 4 is 39.2 Å². The minimum atomic E-state index is -3.58. The molecule has 0 saturated heterocycles. The van der Waals surface area contributed by atoms with Gasteiger partial charge in [-0.2, -0.15) is 0 Å². The highest BCUT2D eigenvalue weighted by atomic mass is 35.7. The highest BCUT2D eigenvalue weighted by Gasteiger charge is 2.41. The average molecular weight is 948 g/mol. The van der Waals surface area contributed by atoms with Crippen molar-refractivity contribution in [1.29, 1.82) is 0 Å². The first kappa shape index (κ1) is 49.0. The Bertz CT molecular complexity index is 2830. The van der Waals surface area contributed by atoms with Gasteiger partial charge >= 0.3 is 6.69 Å². The van der Waals surface area contributed by atoms with E-state index in [1.54, 1.807) is 0 Å². The molecular weight excluding hydrogens is 880 g/mol. The Kier molecular flexibility index (Phi) is 13.8. The Hall–Kier alpha value is -5.44. The van der Waals surface area contributed by atoms with E-state index < -0.39 is 6.69 Å². The fourth-order valence-corrected chi connectivity index (χ4v) is 17.3. The summed E-state index contributed by atoms with van der Waals surface area (Å²) in [5.74, 6) is 0. The predicted molar refractivity (Wildman–Crippen MR) is 301 cm³/mol. The van der Waals surface area contributed by atoms with E-state index in [4.69, 9.17) is 22.2 Å². The van der Waals surface area contributed by atoms with Gasteiger partial charge in [-0.05, 0) is 233 Å². The number of benzene rings is 8. The summed E-state index contributed by atoms with van der Waals surface area (Å²) in [6.45, 7) is 28.0. The van der Waals surface area contributed by atoms with Crippen LogP contribution in [0.5, 0.6) is 0 Å². The second-order valence-electron chi connectivity index (χ2n) is 20.9. The monoisotopic (exact) mass is 946 g/mol. The fraction of sp³-hybridized carbons (Fsp3) is 0.262. The van der Waals surface area contributed by atoms with Crippen molar-refractivity contribution in [1.82, 2.24) is 0 Å². The van der Waals surface area contributed by atoms with Gasteiger partial charge in [0.2, 0.25) is 0 Å². The van der Waals surface area contributed by atoms with E-state index >= 15 is 0 Å². The van der Waals surface area contributed by atoms with E-state index in [1.807, 2.05) is 0 Å². The molecule has 0 heterocycles. The quantitative estimate of drug-likeness (QED) is 0.0947. The van der Waals surface area contributed by atoms with Gasteiger partial charge in [0.1, 0.15) is 0 Å². The average Bonchev–Trinajstić information content (AvgIpc) is 3.24. The first-order valence-electron chi connectivity index (χ1n) is 24.3. The number of rotatable bonds is 10. The van der Waals surface area contributed by atoms with Gasteiger partial charge in [-0.15, -0.1) is 22.2 Å². The van der Waals surface area contributed by atoms with E-state index in [1.165, 1.54) is 122 Å². The molecular formula is C65H68Cl2Si. The first-order valence-corrected chi connectivity index (χ1v) is 28.3. The van der Waals surface area contributed by atoms with Crippen molar-refractivity contribution in [2.24, 2.45) is 0 Å². The zero-order valence-corrected chi connectivity index (χ0v) is 45.4. The van der Waals surface area contributed by atoms with Crippen molar-refractivity contribution in [2.75, 3.05) is 0 Å². The van der Waals surface area contributed by atoms with Crippen LogP contribution >= 0.6 is 22.2 Å². The van der Waals surface area contributed by atoms with Crippen LogP contribution in [0.3, 0.4) is 0 Å². The minimum absolute atomic E-state index is 0.177. The van der Waals surface area contributed by atoms with Crippen LogP contribution in [0.2, 0.25) is 0 Å². The molecule has 0 aromatic heterocycles. The van der Waals surface area contributed by atoms with E-state index in [2.05, 4.69) is 230 Å². The van der Waals surface area contributed by atoms with Gasteiger partial charge in [0.15, 0.2) is 0 Å². The molecule has 0 aliphatic carbocycles. The molecule has 0 aliphatic rings. The molecule has 0 atom stereocenters. The number of aryl methyl sites for hydroxylation is 11. The SMILES string of the molecule is Cc1cc(C)c([Si](Cl)(Cl)c2c(Cc3c(-c4c(C)cccc4C)cccc3-c3c(C)cccc3C)cc(C(C)(C)C)cc2Cc2c(-c3c(C)cccc3C)cccc2-c2c(C)cccc2C)c(C)c1. The third-order valence-electron chi connectivity index (χ3n) is 14.6. The lowest BCUT2D eigenvalue weighted by atomic mass is 9.79. The molecule has 8 aromatic carbocycles. The molecule has 3 heteroatoms. The molecule has 0 nitrogen and oxygen atoms in total. The second kappa shape index (κ2) is 19.2. The molecule has 0 saturated carbocycles. The molecule has 0 amide bonds. The molecule has 8 rings (SSSR count). The highest BCUT2D eigenvalue weighted by molar-refractivity contribution is 7.56. The summed E-state index contributed by atoms with van der Waals surface area (Å²) in [5, 5.41) is 2.20. The van der Waals surface area contributed by atoms with Crippen LogP contribution in [0.15, 0.2) is 133 Å². The molecule has 346 valence electrons. The van der Waals surface area contributed by atoms with Gasteiger partial charge < -0.3 is 0 Å². The largest absolute Gasteiger partial charge is 0.311 e. The Morgan fingerprint density at radius 2 is 0.618 bits per heavy atom. The summed E-state index contributed by atoms with van der Waals surface area (Å²) in [6.07, 6.45) is 1.31. The van der Waals surface area contributed by atoms with E-state index in [0.29, 0.717) is 12.8 Å². The summed E-state index contributed by atoms with van der Waals surface area (Å²) in [4.78, 5) is 0. The van der Waals surface area contributed by atoms with E-state index in [0.717, 1.165) is 21.5 Å². The molecule has 0 spiro atoms. The molecule has 0 aliphatic heterocycles. The maximum atomic E-state index is 8.49. The van der Waals surface area contributed by atoms with Crippen LogP contribution in [-0.4, -0.2) is 6.69 Å². The molecule has 68 heavy (non-hydrogen) atoms. The number of halogens is 2. The fourth-order valence-electron chi connectivity index (χ4n) is 11.5. The Morgan fingerprint density at radius 3 is 0.882 bits per heavy atom. The Balaban J connectivity index is 1.54. The molecule has 0 N–H and O–H groups in total. The number of hydrogen-bond acceptors (Lipinski definition) is 0. The summed E-state index contributed by atoms with van der Waals surface area (Å²) in [7, 11) is 0. The molecule has 0 radical (unpaired) electrons. The lowest BCUT2D eigenvalue weighted by molar-refractivity contribution is 0.589. The maximum absolute atomic E-state index is 8.49. The summed E-state index contributed by atoms with van der Waals surface area (Å²) >= 11 is 17.0. The smallest absolute Gasteiger partial charge is 0.134 e. The summed E-state index contributed by atoms with van der Waals surface area (Å²) in [6, 6.07) is 50.1. The van der Waals surface area contributed by atoms with Crippen molar-refractivity contribution < 1.29 is 0 Å². The molecule has 0 fully saturated rings. The van der Waals surface area contributed by atoms with Gasteiger partial charge in [0.05, 0.1) is 0 Å². The topological polar surface area (TPSA) is 0 Å². The van der Waals surface area contributed by atoms with E-state index in [9.17, 15) is 0 Å². The van der Waals surface area contributed by atoms with Crippen LogP contribution in [0.1, 0.15) is 110 Å². The zero-order chi connectivity index (χ0) is 49.0. The van der Waals surface area contributed by atoms with E-state index in [-0.39, 0.29) is 5.41 Å². The van der Waals surface area contributed by atoms with Gasteiger partial charge in [-0.25, -0.2) is 0 Å². The zero-order valence-electron chi connectivity index (χ0n) is 42.9. The van der Waals surface area contributed by atoms with Gasteiger partial charge in [0, 0.05) is 0 Å². The lowest BCUT2D eigenvalue weighted by Crippen LogP contribution is -2.54. The maximum Gasteiger partial charge on any atom is 0.311 e. The standard InChI is InChI=1S/C65H68Cl2Si/c1-39-33-48(10)63(49(11)34-39)68(66,67)64-50(37-57-53(59-40(2)21-15-22-41(59)3)29-19-30-54(57)60-42(4)23-16-24-43(60)5)35-52(65(12,13)14)36-51(64)38-58-55(61-44(6)25-17-26-45(61)7)31-20-32-56(58)62-46(8)27-18-28-47(62)9/h15-36H,37-38H2,1-14H3. The normalized spacial score (nSPS) is 11.9. The number of hydrogen-bond donors (Lipinski definition) is 0. The van der Waals surface area contributed by atoms with Crippen LogP contribution in [0.25, 0.3) is 44.5 Å². The Labute approximate surface area is 418 Å². The summed E-state index contributed by atoms with van der Waals surface area (Å²) in [5.41, 5.74) is 29.9. The predicted octanol–water partition coefficient (Wildman–Crippen LogP) is 17.3. The van der Waals surface area contributed by atoms with Gasteiger partial charge in [-0.1, -0.05) is 160 Å². The second-order valence-corrected chi connectivity index (χ2v) is 27.0. The van der Waals surface area contributed by atoms with Crippen LogP contribution < -0.4 is 10.4 Å². The van der Waals surface area contributed by atoms with Crippen LogP contribution in [0, 0.1) is 76.2 Å².